The first-order chi connectivity index (χ1) is 6.42. The second kappa shape index (κ2) is 4.26. The van der Waals surface area contributed by atoms with Gasteiger partial charge in [-0.05, 0) is 25.1 Å². The zero-order chi connectivity index (χ0) is 10.8. The quantitative estimate of drug-likeness (QED) is 0.434. The van der Waals surface area contributed by atoms with E-state index in [-0.39, 0.29) is 4.50 Å². The van der Waals surface area contributed by atoms with Gasteiger partial charge in [0, 0.05) is 0 Å². The third-order valence-electron chi connectivity index (χ3n) is 2.66. The van der Waals surface area contributed by atoms with Crippen molar-refractivity contribution in [3.8, 4) is 0 Å². The van der Waals surface area contributed by atoms with Gasteiger partial charge in [-0.15, -0.1) is 11.6 Å². The summed E-state index contributed by atoms with van der Waals surface area (Å²) in [6.45, 7) is 6.16. The molecule has 0 saturated heterocycles. The van der Waals surface area contributed by atoms with E-state index in [2.05, 4.69) is 19.1 Å². The Morgan fingerprint density at radius 1 is 1.21 bits per heavy atom. The Hall–Kier alpha value is 0.0169. The van der Waals surface area contributed by atoms with Gasteiger partial charge in [-0.25, -0.2) is 0 Å². The Bertz CT molecular complexity index is 292. The van der Waals surface area contributed by atoms with Crippen molar-refractivity contribution in [3.63, 3.8) is 0 Å². The molecule has 0 aromatic heterocycles. The predicted molar refractivity (Wildman–Crippen MR) is 68.1 cm³/mol. The van der Waals surface area contributed by atoms with Gasteiger partial charge in [-0.1, -0.05) is 37.3 Å². The highest BCUT2D eigenvalue weighted by atomic mass is 35.6. The summed E-state index contributed by atoms with van der Waals surface area (Å²) in [4.78, 5) is 0. The van der Waals surface area contributed by atoms with Gasteiger partial charge in [0.05, 0.1) is 4.50 Å². The predicted octanol–water partition coefficient (Wildman–Crippen LogP) is 3.65. The Kier molecular flexibility index (Phi) is 3.67. The van der Waals surface area contributed by atoms with Crippen LogP contribution in [0.2, 0.25) is 6.04 Å². The maximum absolute atomic E-state index is 6.73. The lowest BCUT2D eigenvalue weighted by atomic mass is 10.4. The van der Waals surface area contributed by atoms with Gasteiger partial charge >= 0.3 is 0 Å². The van der Waals surface area contributed by atoms with E-state index in [1.165, 1.54) is 5.19 Å². The van der Waals surface area contributed by atoms with Crippen LogP contribution in [0, 0.1) is 0 Å². The van der Waals surface area contributed by atoms with Gasteiger partial charge < -0.3 is 0 Å². The molecule has 0 amide bonds. The fraction of sp³-hybridized carbons (Fsp3) is 0.455. The number of rotatable bonds is 3. The Labute approximate surface area is 96.9 Å². The molecule has 1 aromatic carbocycles. The van der Waals surface area contributed by atoms with Crippen molar-refractivity contribution in [1.29, 1.82) is 0 Å². The van der Waals surface area contributed by atoms with Crippen molar-refractivity contribution in [3.05, 3.63) is 30.3 Å². The van der Waals surface area contributed by atoms with Crippen LogP contribution in [0.4, 0.5) is 0 Å². The first-order valence-corrected chi connectivity index (χ1v) is 8.45. The van der Waals surface area contributed by atoms with Crippen LogP contribution in [0.1, 0.15) is 20.8 Å². The van der Waals surface area contributed by atoms with Crippen molar-refractivity contribution in [2.45, 2.75) is 31.3 Å². The first-order valence-electron chi connectivity index (χ1n) is 4.85. The van der Waals surface area contributed by atoms with Crippen molar-refractivity contribution in [1.82, 2.24) is 0 Å². The van der Waals surface area contributed by atoms with Gasteiger partial charge in [-0.3, -0.25) is 0 Å². The fourth-order valence-electron chi connectivity index (χ4n) is 1.67. The van der Waals surface area contributed by atoms with E-state index in [1.807, 2.05) is 32.0 Å². The van der Waals surface area contributed by atoms with Gasteiger partial charge in [0.2, 0.25) is 7.38 Å². The number of alkyl halides is 1. The molecular weight excluding hydrogens is 231 g/mol. The third kappa shape index (κ3) is 2.15. The zero-order valence-corrected chi connectivity index (χ0v) is 11.4. The molecule has 0 aliphatic carbocycles. The maximum Gasteiger partial charge on any atom is 0.206 e. The third-order valence-corrected chi connectivity index (χ3v) is 10.9. The Morgan fingerprint density at radius 3 is 2.07 bits per heavy atom. The van der Waals surface area contributed by atoms with E-state index in [4.69, 9.17) is 22.7 Å². The van der Waals surface area contributed by atoms with E-state index in [0.29, 0.717) is 0 Å². The summed E-state index contributed by atoms with van der Waals surface area (Å²) in [6, 6.07) is 11.2. The summed E-state index contributed by atoms with van der Waals surface area (Å²) in [6.07, 6.45) is 0. The van der Waals surface area contributed by atoms with Gasteiger partial charge in [-0.2, -0.15) is 11.1 Å². The largest absolute Gasteiger partial charge is 0.206 e. The second-order valence-corrected chi connectivity index (χ2v) is 11.3. The van der Waals surface area contributed by atoms with Crippen LogP contribution >= 0.6 is 22.7 Å². The van der Waals surface area contributed by atoms with Crippen LogP contribution in [-0.2, 0) is 0 Å². The molecule has 0 aliphatic heterocycles. The highest BCUT2D eigenvalue weighted by Gasteiger charge is 2.45. The standard InChI is InChI=1S/C11H16Cl2Si/c1-4-14(13,11(2,3)12)10-8-6-5-7-9-10/h5-9H,4H2,1-3H3. The molecule has 0 nitrogen and oxygen atoms in total. The minimum absolute atomic E-state index is 0.315. The fourth-order valence-corrected chi connectivity index (χ4v) is 5.43. The smallest absolute Gasteiger partial charge is 0.159 e. The Balaban J connectivity index is 3.15. The number of hydrogen-bond donors (Lipinski definition) is 0. The molecule has 0 bridgehead atoms. The van der Waals surface area contributed by atoms with Crippen molar-refractivity contribution >= 4 is 35.3 Å². The summed E-state index contributed by atoms with van der Waals surface area (Å²) in [7, 11) is -2.06. The topological polar surface area (TPSA) is 0 Å². The summed E-state index contributed by atoms with van der Waals surface area (Å²) in [5, 5.41) is 1.23. The summed E-state index contributed by atoms with van der Waals surface area (Å²) >= 11 is 13.1. The molecule has 0 saturated carbocycles. The lowest BCUT2D eigenvalue weighted by molar-refractivity contribution is 0.944. The Morgan fingerprint density at radius 2 is 1.71 bits per heavy atom. The summed E-state index contributed by atoms with van der Waals surface area (Å²) in [5.41, 5.74) is 0. The van der Waals surface area contributed by atoms with Crippen molar-refractivity contribution < 1.29 is 0 Å². The molecule has 1 atom stereocenters. The van der Waals surface area contributed by atoms with Crippen LogP contribution in [-0.4, -0.2) is 11.9 Å². The van der Waals surface area contributed by atoms with Gasteiger partial charge in [0.1, 0.15) is 0 Å². The highest BCUT2D eigenvalue weighted by Crippen LogP contribution is 2.33. The molecule has 78 valence electrons. The highest BCUT2D eigenvalue weighted by molar-refractivity contribution is 7.31. The van der Waals surface area contributed by atoms with Crippen LogP contribution in [0.3, 0.4) is 0 Å². The molecule has 0 spiro atoms. The van der Waals surface area contributed by atoms with E-state index in [9.17, 15) is 0 Å². The SMILES string of the molecule is CC[Si](Cl)(c1ccccc1)C(C)(C)Cl. The average Bonchev–Trinajstić information content (AvgIpc) is 2.16. The lowest BCUT2D eigenvalue weighted by Gasteiger charge is -2.34. The first kappa shape index (κ1) is 12.1. The van der Waals surface area contributed by atoms with Crippen molar-refractivity contribution in [2.24, 2.45) is 0 Å². The molecule has 1 unspecified atom stereocenters. The lowest BCUT2D eigenvalue weighted by Crippen LogP contribution is -2.56. The number of halogens is 2. The second-order valence-electron chi connectivity index (χ2n) is 3.99. The van der Waals surface area contributed by atoms with Crippen molar-refractivity contribution in [2.75, 3.05) is 0 Å². The molecule has 14 heavy (non-hydrogen) atoms. The van der Waals surface area contributed by atoms with E-state index >= 15 is 0 Å². The average molecular weight is 247 g/mol. The zero-order valence-electron chi connectivity index (χ0n) is 8.85. The van der Waals surface area contributed by atoms with E-state index in [0.717, 1.165) is 6.04 Å². The van der Waals surface area contributed by atoms with Gasteiger partial charge in [0.15, 0.2) is 0 Å². The molecular formula is C11H16Cl2Si. The van der Waals surface area contributed by atoms with Crippen LogP contribution in [0.15, 0.2) is 30.3 Å². The minimum atomic E-state index is -2.06. The minimum Gasteiger partial charge on any atom is -0.159 e. The molecule has 1 aromatic rings. The molecule has 0 heterocycles. The molecule has 0 fully saturated rings. The molecule has 0 N–H and O–H groups in total. The van der Waals surface area contributed by atoms with Crippen LogP contribution < -0.4 is 5.19 Å². The summed E-state index contributed by atoms with van der Waals surface area (Å²) < 4.78 is -0.315. The van der Waals surface area contributed by atoms with E-state index < -0.39 is 7.38 Å². The monoisotopic (exact) mass is 246 g/mol. The van der Waals surface area contributed by atoms with Crippen LogP contribution in [0.25, 0.3) is 0 Å². The van der Waals surface area contributed by atoms with E-state index in [1.54, 1.807) is 0 Å². The summed E-state index contributed by atoms with van der Waals surface area (Å²) in [5.74, 6) is 0. The van der Waals surface area contributed by atoms with Gasteiger partial charge in [0.25, 0.3) is 0 Å². The molecule has 3 heteroatoms. The number of benzene rings is 1. The molecule has 1 rings (SSSR count). The normalized spacial score (nSPS) is 16.4. The maximum atomic E-state index is 6.73. The molecule has 0 aliphatic rings. The number of hydrogen-bond acceptors (Lipinski definition) is 0. The van der Waals surface area contributed by atoms with Crippen LogP contribution in [0.5, 0.6) is 0 Å². The molecule has 0 radical (unpaired) electrons.